The highest BCUT2D eigenvalue weighted by Crippen LogP contribution is 2.09. The summed E-state index contributed by atoms with van der Waals surface area (Å²) in [6.45, 7) is 6.07. The second kappa shape index (κ2) is 9.56. The number of nitrogens with one attached hydrogen (secondary N) is 3. The van der Waals surface area contributed by atoms with Crippen molar-refractivity contribution in [2.75, 3.05) is 13.1 Å². The molecule has 3 N–H and O–H groups in total. The molecule has 0 saturated heterocycles. The topological polar surface area (TPSA) is 100 Å². The number of amides is 3. The third-order valence-electron chi connectivity index (χ3n) is 4.08. The average molecular weight is 371 g/mol. The first-order valence-corrected chi connectivity index (χ1v) is 8.86. The number of benzene rings is 1. The van der Waals surface area contributed by atoms with Crippen molar-refractivity contribution in [2.45, 2.75) is 26.8 Å². The Bertz CT molecular complexity index is 784. The van der Waals surface area contributed by atoms with Crippen molar-refractivity contribution in [1.29, 1.82) is 0 Å². The highest BCUT2D eigenvalue weighted by atomic mass is 16.3. The number of carbonyl (C=O) groups excluding carboxylic acids is 3. The second-order valence-electron chi connectivity index (χ2n) is 6.53. The molecule has 144 valence electrons. The SMILES string of the molecule is Cc1ccccc1C(=O)N[C@H](C(=O)NCCNC(=O)c1ccco1)C(C)C. The average Bonchev–Trinajstić information content (AvgIpc) is 3.17. The summed E-state index contributed by atoms with van der Waals surface area (Å²) in [6.07, 6.45) is 1.42. The van der Waals surface area contributed by atoms with Crippen molar-refractivity contribution in [3.05, 3.63) is 59.5 Å². The van der Waals surface area contributed by atoms with Crippen molar-refractivity contribution in [2.24, 2.45) is 5.92 Å². The zero-order valence-electron chi connectivity index (χ0n) is 15.7. The van der Waals surface area contributed by atoms with E-state index in [-0.39, 0.29) is 42.5 Å². The lowest BCUT2D eigenvalue weighted by Crippen LogP contribution is -2.51. The zero-order chi connectivity index (χ0) is 19.8. The lowest BCUT2D eigenvalue weighted by Gasteiger charge is -2.22. The van der Waals surface area contributed by atoms with Crippen LogP contribution in [0.5, 0.6) is 0 Å². The molecule has 7 nitrogen and oxygen atoms in total. The quantitative estimate of drug-likeness (QED) is 0.617. The van der Waals surface area contributed by atoms with E-state index < -0.39 is 6.04 Å². The molecule has 0 saturated carbocycles. The molecule has 1 heterocycles. The molecule has 3 amide bonds. The molecule has 0 unspecified atom stereocenters. The number of rotatable bonds is 8. The first-order chi connectivity index (χ1) is 12.9. The van der Waals surface area contributed by atoms with Gasteiger partial charge in [-0.15, -0.1) is 0 Å². The minimum atomic E-state index is -0.669. The van der Waals surface area contributed by atoms with Gasteiger partial charge in [0, 0.05) is 18.7 Å². The number of aryl methyl sites for hydroxylation is 1. The fraction of sp³-hybridized carbons (Fsp3) is 0.350. The van der Waals surface area contributed by atoms with Gasteiger partial charge in [-0.3, -0.25) is 14.4 Å². The van der Waals surface area contributed by atoms with Crippen LogP contribution in [0.3, 0.4) is 0 Å². The van der Waals surface area contributed by atoms with Gasteiger partial charge in [0.15, 0.2) is 5.76 Å². The maximum Gasteiger partial charge on any atom is 0.287 e. The van der Waals surface area contributed by atoms with Gasteiger partial charge in [-0.1, -0.05) is 32.0 Å². The van der Waals surface area contributed by atoms with Crippen LogP contribution in [0.25, 0.3) is 0 Å². The van der Waals surface area contributed by atoms with E-state index in [4.69, 9.17) is 4.42 Å². The summed E-state index contributed by atoms with van der Waals surface area (Å²) in [5.41, 5.74) is 1.39. The van der Waals surface area contributed by atoms with Crippen LogP contribution in [-0.4, -0.2) is 36.9 Å². The Balaban J connectivity index is 1.84. The number of hydrogen-bond donors (Lipinski definition) is 3. The van der Waals surface area contributed by atoms with E-state index in [9.17, 15) is 14.4 Å². The molecule has 0 spiro atoms. The monoisotopic (exact) mass is 371 g/mol. The Morgan fingerprint density at radius 3 is 2.30 bits per heavy atom. The van der Waals surface area contributed by atoms with E-state index in [1.165, 1.54) is 6.26 Å². The molecule has 1 aromatic carbocycles. The minimum Gasteiger partial charge on any atom is -0.459 e. The summed E-state index contributed by atoms with van der Waals surface area (Å²) < 4.78 is 4.99. The van der Waals surface area contributed by atoms with E-state index in [0.29, 0.717) is 5.56 Å². The van der Waals surface area contributed by atoms with Crippen LogP contribution in [0.1, 0.15) is 40.3 Å². The third kappa shape index (κ3) is 5.70. The van der Waals surface area contributed by atoms with Crippen molar-refractivity contribution >= 4 is 17.7 Å². The van der Waals surface area contributed by atoms with Gasteiger partial charge in [-0.25, -0.2) is 0 Å². The fourth-order valence-electron chi connectivity index (χ4n) is 2.55. The lowest BCUT2D eigenvalue weighted by atomic mass is 10.0. The predicted molar refractivity (Wildman–Crippen MR) is 101 cm³/mol. The van der Waals surface area contributed by atoms with Crippen LogP contribution < -0.4 is 16.0 Å². The molecule has 0 bridgehead atoms. The molecule has 0 aliphatic heterocycles. The van der Waals surface area contributed by atoms with Crippen molar-refractivity contribution in [3.8, 4) is 0 Å². The molecule has 0 aliphatic rings. The minimum absolute atomic E-state index is 0.0873. The maximum atomic E-state index is 12.5. The predicted octanol–water partition coefficient (Wildman–Crippen LogP) is 1.89. The van der Waals surface area contributed by atoms with Crippen molar-refractivity contribution < 1.29 is 18.8 Å². The smallest absolute Gasteiger partial charge is 0.287 e. The van der Waals surface area contributed by atoms with Gasteiger partial charge in [0.05, 0.1) is 6.26 Å². The summed E-state index contributed by atoms with van der Waals surface area (Å²) in [7, 11) is 0. The lowest BCUT2D eigenvalue weighted by molar-refractivity contribution is -0.123. The normalized spacial score (nSPS) is 11.7. The summed E-state index contributed by atoms with van der Waals surface area (Å²) in [5.74, 6) is -0.794. The molecule has 2 rings (SSSR count). The van der Waals surface area contributed by atoms with Gasteiger partial charge in [0.2, 0.25) is 5.91 Å². The molecule has 27 heavy (non-hydrogen) atoms. The van der Waals surface area contributed by atoms with E-state index in [0.717, 1.165) is 5.56 Å². The number of carbonyl (C=O) groups is 3. The zero-order valence-corrected chi connectivity index (χ0v) is 15.7. The van der Waals surface area contributed by atoms with E-state index in [1.807, 2.05) is 32.9 Å². The molecule has 0 fully saturated rings. The molecule has 2 aromatic rings. The Hall–Kier alpha value is -3.09. The van der Waals surface area contributed by atoms with E-state index in [2.05, 4.69) is 16.0 Å². The number of furan rings is 1. The molecular formula is C20H25N3O4. The van der Waals surface area contributed by atoms with E-state index >= 15 is 0 Å². The Labute approximate surface area is 158 Å². The summed E-state index contributed by atoms with van der Waals surface area (Å²) in [6, 6.07) is 9.73. The second-order valence-corrected chi connectivity index (χ2v) is 6.53. The van der Waals surface area contributed by atoms with Gasteiger partial charge >= 0.3 is 0 Å². The first kappa shape index (κ1) is 20.2. The maximum absolute atomic E-state index is 12.5. The Morgan fingerprint density at radius 2 is 1.67 bits per heavy atom. The van der Waals surface area contributed by atoms with Gasteiger partial charge in [0.25, 0.3) is 11.8 Å². The fourth-order valence-corrected chi connectivity index (χ4v) is 2.55. The Morgan fingerprint density at radius 1 is 0.963 bits per heavy atom. The number of hydrogen-bond acceptors (Lipinski definition) is 4. The Kier molecular flexibility index (Phi) is 7.16. The van der Waals surface area contributed by atoms with Gasteiger partial charge in [0.1, 0.15) is 6.04 Å². The highest BCUT2D eigenvalue weighted by molar-refractivity contribution is 5.98. The van der Waals surface area contributed by atoms with Gasteiger partial charge < -0.3 is 20.4 Å². The van der Waals surface area contributed by atoms with Gasteiger partial charge in [-0.05, 0) is 36.6 Å². The van der Waals surface area contributed by atoms with Crippen LogP contribution >= 0.6 is 0 Å². The highest BCUT2D eigenvalue weighted by Gasteiger charge is 2.24. The molecule has 0 aliphatic carbocycles. The summed E-state index contributed by atoms with van der Waals surface area (Å²) in [4.78, 5) is 36.7. The van der Waals surface area contributed by atoms with Crippen LogP contribution in [0.2, 0.25) is 0 Å². The van der Waals surface area contributed by atoms with Crippen LogP contribution in [0.4, 0.5) is 0 Å². The first-order valence-electron chi connectivity index (χ1n) is 8.86. The van der Waals surface area contributed by atoms with Crippen molar-refractivity contribution in [3.63, 3.8) is 0 Å². The molecule has 7 heteroatoms. The van der Waals surface area contributed by atoms with Crippen molar-refractivity contribution in [1.82, 2.24) is 16.0 Å². The summed E-state index contributed by atoms with van der Waals surface area (Å²) in [5, 5.41) is 8.18. The standard InChI is InChI=1S/C20H25N3O4/c1-13(2)17(23-18(24)15-8-5-4-7-14(15)3)20(26)22-11-10-21-19(25)16-9-6-12-27-16/h4-9,12-13,17H,10-11H2,1-3H3,(H,21,25)(H,22,26)(H,23,24)/t17-/m0/s1. The molecule has 1 aromatic heterocycles. The largest absolute Gasteiger partial charge is 0.459 e. The van der Waals surface area contributed by atoms with Crippen LogP contribution in [0.15, 0.2) is 47.1 Å². The van der Waals surface area contributed by atoms with Crippen LogP contribution in [-0.2, 0) is 4.79 Å². The van der Waals surface area contributed by atoms with Gasteiger partial charge in [-0.2, -0.15) is 0 Å². The van der Waals surface area contributed by atoms with Crippen LogP contribution in [0, 0.1) is 12.8 Å². The summed E-state index contributed by atoms with van der Waals surface area (Å²) >= 11 is 0. The molecular weight excluding hydrogens is 346 g/mol. The molecule has 0 radical (unpaired) electrons. The third-order valence-corrected chi connectivity index (χ3v) is 4.08. The van der Waals surface area contributed by atoms with E-state index in [1.54, 1.807) is 24.3 Å². The molecule has 1 atom stereocenters.